The van der Waals surface area contributed by atoms with Crippen molar-refractivity contribution in [1.82, 2.24) is 0 Å². The molecule has 168 valence electrons. The van der Waals surface area contributed by atoms with Crippen molar-refractivity contribution in [3.63, 3.8) is 0 Å². The fourth-order valence-electron chi connectivity index (χ4n) is 3.48. The lowest BCUT2D eigenvalue weighted by Gasteiger charge is -2.12. The Labute approximate surface area is 190 Å². The van der Waals surface area contributed by atoms with E-state index in [0.717, 1.165) is 36.1 Å². The minimum atomic E-state index is -0.681. The zero-order valence-corrected chi connectivity index (χ0v) is 19.0. The maximum Gasteiger partial charge on any atom is 0.331 e. The topological polar surface area (TPSA) is 107 Å². The molecule has 1 aromatic carbocycles. The summed E-state index contributed by atoms with van der Waals surface area (Å²) in [4.78, 5) is 25.5. The van der Waals surface area contributed by atoms with E-state index in [9.17, 15) is 14.9 Å². The number of thiophene rings is 1. The minimum Gasteiger partial charge on any atom is -0.493 e. The number of methoxy groups -OCH3 is 3. The minimum absolute atomic E-state index is 0.443. The van der Waals surface area contributed by atoms with E-state index in [1.807, 2.05) is 0 Å². The summed E-state index contributed by atoms with van der Waals surface area (Å²) in [6, 6.07) is 5.55. The predicted molar refractivity (Wildman–Crippen MR) is 120 cm³/mol. The molecule has 1 N–H and O–H groups in total. The maximum atomic E-state index is 12.2. The number of carbonyl (C=O) groups is 2. The first-order chi connectivity index (χ1) is 15.5. The molecular weight excluding hydrogens is 432 g/mol. The number of anilines is 1. The van der Waals surface area contributed by atoms with Crippen molar-refractivity contribution in [2.45, 2.75) is 25.7 Å². The van der Waals surface area contributed by atoms with Crippen LogP contribution in [0, 0.1) is 11.3 Å². The Hall–Kier alpha value is -3.51. The molecule has 1 aliphatic carbocycles. The van der Waals surface area contributed by atoms with Gasteiger partial charge in [-0.3, -0.25) is 4.79 Å². The zero-order valence-electron chi connectivity index (χ0n) is 18.1. The van der Waals surface area contributed by atoms with Gasteiger partial charge in [0.1, 0.15) is 11.1 Å². The van der Waals surface area contributed by atoms with Gasteiger partial charge >= 0.3 is 5.97 Å². The molecule has 0 fully saturated rings. The van der Waals surface area contributed by atoms with Crippen LogP contribution in [0.15, 0.2) is 18.2 Å². The Balaban J connectivity index is 1.60. The molecule has 0 saturated heterocycles. The van der Waals surface area contributed by atoms with E-state index in [2.05, 4.69) is 11.4 Å². The van der Waals surface area contributed by atoms with Gasteiger partial charge in [0.15, 0.2) is 18.1 Å². The van der Waals surface area contributed by atoms with E-state index >= 15 is 0 Å². The van der Waals surface area contributed by atoms with Crippen molar-refractivity contribution >= 4 is 34.3 Å². The van der Waals surface area contributed by atoms with E-state index in [4.69, 9.17) is 18.9 Å². The van der Waals surface area contributed by atoms with Crippen LogP contribution in [0.25, 0.3) is 6.08 Å². The normalized spacial score (nSPS) is 12.6. The van der Waals surface area contributed by atoms with Gasteiger partial charge in [-0.25, -0.2) is 4.79 Å². The molecule has 0 radical (unpaired) electrons. The summed E-state index contributed by atoms with van der Waals surface area (Å²) >= 11 is 1.42. The van der Waals surface area contributed by atoms with Crippen LogP contribution in [-0.2, 0) is 27.2 Å². The molecule has 3 rings (SSSR count). The highest BCUT2D eigenvalue weighted by Crippen LogP contribution is 2.39. The van der Waals surface area contributed by atoms with Gasteiger partial charge in [0.2, 0.25) is 5.75 Å². The Kier molecular flexibility index (Phi) is 7.73. The molecule has 1 aromatic heterocycles. The third kappa shape index (κ3) is 5.21. The monoisotopic (exact) mass is 456 g/mol. The Morgan fingerprint density at radius 2 is 1.81 bits per heavy atom. The molecule has 2 aromatic rings. The van der Waals surface area contributed by atoms with E-state index in [1.54, 1.807) is 12.1 Å². The predicted octanol–water partition coefficient (Wildman–Crippen LogP) is 3.72. The van der Waals surface area contributed by atoms with Gasteiger partial charge in [-0.2, -0.15) is 5.26 Å². The summed E-state index contributed by atoms with van der Waals surface area (Å²) in [5.74, 6) is 0.172. The number of esters is 1. The molecule has 1 aliphatic rings. The van der Waals surface area contributed by atoms with Crippen LogP contribution in [0.2, 0.25) is 0 Å². The number of carbonyl (C=O) groups excluding carboxylic acids is 2. The molecule has 0 saturated carbocycles. The molecule has 1 heterocycles. The third-order valence-corrected chi connectivity index (χ3v) is 6.19. The van der Waals surface area contributed by atoms with Crippen LogP contribution in [0.3, 0.4) is 0 Å². The first kappa shape index (κ1) is 23.2. The van der Waals surface area contributed by atoms with Crippen molar-refractivity contribution < 1.29 is 28.5 Å². The number of ether oxygens (including phenoxy) is 4. The number of benzene rings is 1. The molecule has 0 unspecified atom stereocenters. The second-order valence-electron chi connectivity index (χ2n) is 6.97. The number of fused-ring (bicyclic) bond motifs is 1. The lowest BCUT2D eigenvalue weighted by molar-refractivity contribution is -0.142. The van der Waals surface area contributed by atoms with Crippen molar-refractivity contribution in [3.05, 3.63) is 39.8 Å². The van der Waals surface area contributed by atoms with Crippen LogP contribution in [0.5, 0.6) is 17.2 Å². The molecule has 8 nitrogen and oxygen atoms in total. The van der Waals surface area contributed by atoms with Gasteiger partial charge in [-0.1, -0.05) is 0 Å². The quantitative estimate of drug-likeness (QED) is 0.476. The van der Waals surface area contributed by atoms with Crippen LogP contribution >= 0.6 is 11.3 Å². The molecular formula is C23H24N2O6S. The van der Waals surface area contributed by atoms with Crippen LogP contribution in [-0.4, -0.2) is 39.8 Å². The standard InChI is InChI=1S/C23H24N2O6S/c1-28-17-10-14(11-18(29-2)22(17)30-3)8-9-21(27)31-13-20(26)25-23-16(12-24)15-6-4-5-7-19(15)32-23/h8-11H,4-7,13H2,1-3H3,(H,25,26). The Morgan fingerprint density at radius 3 is 2.44 bits per heavy atom. The summed E-state index contributed by atoms with van der Waals surface area (Å²) in [6.45, 7) is -0.453. The highest BCUT2D eigenvalue weighted by Gasteiger charge is 2.22. The van der Waals surface area contributed by atoms with Crippen LogP contribution in [0.1, 0.15) is 34.4 Å². The van der Waals surface area contributed by atoms with Gasteiger partial charge in [0, 0.05) is 11.0 Å². The van der Waals surface area contributed by atoms with Gasteiger partial charge in [-0.05, 0) is 55.0 Å². The van der Waals surface area contributed by atoms with Crippen molar-refractivity contribution in [1.29, 1.82) is 5.26 Å². The van der Waals surface area contributed by atoms with E-state index < -0.39 is 18.5 Å². The summed E-state index contributed by atoms with van der Waals surface area (Å²) < 4.78 is 20.9. The van der Waals surface area contributed by atoms with Crippen LogP contribution < -0.4 is 19.5 Å². The molecule has 0 atom stereocenters. The largest absolute Gasteiger partial charge is 0.493 e. The Morgan fingerprint density at radius 1 is 1.12 bits per heavy atom. The zero-order chi connectivity index (χ0) is 23.1. The van der Waals surface area contributed by atoms with Crippen LogP contribution in [0.4, 0.5) is 5.00 Å². The lowest BCUT2D eigenvalue weighted by atomic mass is 9.96. The highest BCUT2D eigenvalue weighted by molar-refractivity contribution is 7.16. The average Bonchev–Trinajstić information content (AvgIpc) is 3.17. The molecule has 0 spiro atoms. The van der Waals surface area contributed by atoms with Crippen molar-refractivity contribution in [3.8, 4) is 23.3 Å². The summed E-state index contributed by atoms with van der Waals surface area (Å²) in [6.07, 6.45) is 6.63. The van der Waals surface area contributed by atoms with Gasteiger partial charge in [0.05, 0.1) is 26.9 Å². The SMILES string of the molecule is COc1cc(C=CC(=O)OCC(=O)Nc2sc3c(c2C#N)CCCC3)cc(OC)c1OC. The number of rotatable bonds is 8. The molecule has 32 heavy (non-hydrogen) atoms. The average molecular weight is 457 g/mol. The smallest absolute Gasteiger partial charge is 0.331 e. The number of hydrogen-bond acceptors (Lipinski definition) is 8. The van der Waals surface area contributed by atoms with Crippen molar-refractivity contribution in [2.75, 3.05) is 33.3 Å². The van der Waals surface area contributed by atoms with E-state index in [0.29, 0.717) is 33.4 Å². The number of amides is 1. The molecule has 1 amide bonds. The van der Waals surface area contributed by atoms with Gasteiger partial charge in [0.25, 0.3) is 5.91 Å². The lowest BCUT2D eigenvalue weighted by Crippen LogP contribution is -2.20. The number of nitrogens with zero attached hydrogens (tertiary/aromatic N) is 1. The number of nitrogens with one attached hydrogen (secondary N) is 1. The number of aryl methyl sites for hydroxylation is 1. The Bertz CT molecular complexity index is 1060. The van der Waals surface area contributed by atoms with E-state index in [-0.39, 0.29) is 0 Å². The van der Waals surface area contributed by atoms with Crippen molar-refractivity contribution in [2.24, 2.45) is 0 Å². The second kappa shape index (κ2) is 10.7. The summed E-state index contributed by atoms with van der Waals surface area (Å²) in [7, 11) is 4.50. The van der Waals surface area contributed by atoms with Gasteiger partial charge in [-0.15, -0.1) is 11.3 Å². The molecule has 0 bridgehead atoms. The van der Waals surface area contributed by atoms with E-state index in [1.165, 1.54) is 44.8 Å². The molecule has 0 aliphatic heterocycles. The fourth-order valence-corrected chi connectivity index (χ4v) is 4.74. The number of hydrogen-bond donors (Lipinski definition) is 1. The third-order valence-electron chi connectivity index (χ3n) is 4.98. The first-order valence-electron chi connectivity index (χ1n) is 10.00. The molecule has 9 heteroatoms. The number of nitriles is 1. The summed E-state index contributed by atoms with van der Waals surface area (Å²) in [5.41, 5.74) is 2.18. The second-order valence-corrected chi connectivity index (χ2v) is 8.08. The van der Waals surface area contributed by atoms with Gasteiger partial charge < -0.3 is 24.3 Å². The highest BCUT2D eigenvalue weighted by atomic mass is 32.1. The fraction of sp³-hybridized carbons (Fsp3) is 0.348. The summed E-state index contributed by atoms with van der Waals surface area (Å²) in [5, 5.41) is 12.7. The first-order valence-corrected chi connectivity index (χ1v) is 10.8. The maximum absolute atomic E-state index is 12.2.